The molecule has 0 aliphatic rings. The molecule has 0 bridgehead atoms. The Hall–Kier alpha value is -1.30. The zero-order valence-corrected chi connectivity index (χ0v) is 8.04. The Bertz CT molecular complexity index is 330. The maximum absolute atomic E-state index is 10.9. The smallest absolute Gasteiger partial charge is 0.278 e. The number of benzene rings is 1. The number of aromatic hydroxyl groups is 1. The molecular weight excluding hydrogens is 208 g/mol. The van der Waals surface area contributed by atoms with Gasteiger partial charge in [0.1, 0.15) is 5.75 Å². The van der Waals surface area contributed by atoms with Gasteiger partial charge in [0, 0.05) is 6.54 Å². The van der Waals surface area contributed by atoms with Crippen LogP contribution in [0.2, 0.25) is 0 Å². The van der Waals surface area contributed by atoms with Crippen LogP contribution in [0.3, 0.4) is 0 Å². The number of carbonyl (C=O) groups excluding carboxylic acids is 1. The van der Waals surface area contributed by atoms with Crippen molar-refractivity contribution in [3.05, 3.63) is 29.3 Å². The van der Waals surface area contributed by atoms with Crippen LogP contribution in [0, 0.1) is 0 Å². The van der Waals surface area contributed by atoms with Crippen molar-refractivity contribution in [3.63, 3.8) is 0 Å². The molecule has 5 nitrogen and oxygen atoms in total. The van der Waals surface area contributed by atoms with Crippen LogP contribution < -0.4 is 11.2 Å². The van der Waals surface area contributed by atoms with Crippen LogP contribution in [0.4, 0.5) is 0 Å². The van der Waals surface area contributed by atoms with Gasteiger partial charge < -0.3 is 10.8 Å². The van der Waals surface area contributed by atoms with E-state index in [1.807, 2.05) is 0 Å². The standard InChI is InChI=1S/C8H10N2O3.ClH/c9-4-5-1-2-7(11)6(3-5)8(12)10-13;/h1-3,11,13H,4,9H2,(H,10,12);1H. The third-order valence-corrected chi connectivity index (χ3v) is 1.64. The van der Waals surface area contributed by atoms with Gasteiger partial charge in [0.25, 0.3) is 5.91 Å². The molecule has 0 spiro atoms. The van der Waals surface area contributed by atoms with E-state index >= 15 is 0 Å². The summed E-state index contributed by atoms with van der Waals surface area (Å²) in [7, 11) is 0. The number of phenols is 1. The molecule has 0 unspecified atom stereocenters. The first-order valence-corrected chi connectivity index (χ1v) is 3.65. The van der Waals surface area contributed by atoms with Crippen LogP contribution in [-0.2, 0) is 6.54 Å². The minimum Gasteiger partial charge on any atom is -0.507 e. The molecule has 0 saturated heterocycles. The Kier molecular flexibility index (Phi) is 4.93. The Morgan fingerprint density at radius 1 is 1.50 bits per heavy atom. The van der Waals surface area contributed by atoms with Crippen LogP contribution in [0.1, 0.15) is 15.9 Å². The minimum atomic E-state index is -0.757. The normalized spacial score (nSPS) is 9.00. The summed E-state index contributed by atoms with van der Waals surface area (Å²) in [5.41, 5.74) is 7.48. The van der Waals surface area contributed by atoms with Crippen LogP contribution in [0.5, 0.6) is 5.75 Å². The first-order chi connectivity index (χ1) is 6.19. The Morgan fingerprint density at radius 3 is 2.64 bits per heavy atom. The Labute approximate surface area is 86.9 Å². The number of hydrogen-bond donors (Lipinski definition) is 4. The molecule has 1 amide bonds. The van der Waals surface area contributed by atoms with Gasteiger partial charge in [-0.2, -0.15) is 0 Å². The summed E-state index contributed by atoms with van der Waals surface area (Å²) < 4.78 is 0. The number of amides is 1. The predicted octanol–water partition coefficient (Wildman–Crippen LogP) is 0.392. The van der Waals surface area contributed by atoms with Gasteiger partial charge in [-0.1, -0.05) is 6.07 Å². The zero-order valence-electron chi connectivity index (χ0n) is 7.23. The van der Waals surface area contributed by atoms with Gasteiger partial charge >= 0.3 is 0 Å². The lowest BCUT2D eigenvalue weighted by Gasteiger charge is -2.04. The molecule has 0 aromatic heterocycles. The van der Waals surface area contributed by atoms with Crippen molar-refractivity contribution in [1.29, 1.82) is 0 Å². The van der Waals surface area contributed by atoms with Crippen LogP contribution in [-0.4, -0.2) is 16.2 Å². The minimum absolute atomic E-state index is 0. The fraction of sp³-hybridized carbons (Fsp3) is 0.125. The van der Waals surface area contributed by atoms with E-state index in [0.29, 0.717) is 5.56 Å². The highest BCUT2D eigenvalue weighted by Crippen LogP contribution is 2.17. The third-order valence-electron chi connectivity index (χ3n) is 1.64. The summed E-state index contributed by atoms with van der Waals surface area (Å²) in [5, 5.41) is 17.6. The summed E-state index contributed by atoms with van der Waals surface area (Å²) in [4.78, 5) is 10.9. The van der Waals surface area contributed by atoms with Crippen LogP contribution >= 0.6 is 12.4 Å². The molecule has 6 heteroatoms. The van der Waals surface area contributed by atoms with Crippen LogP contribution in [0.15, 0.2) is 18.2 Å². The second-order valence-corrected chi connectivity index (χ2v) is 2.50. The molecule has 5 N–H and O–H groups in total. The largest absolute Gasteiger partial charge is 0.507 e. The molecule has 14 heavy (non-hydrogen) atoms. The summed E-state index contributed by atoms with van der Waals surface area (Å²) >= 11 is 0. The third kappa shape index (κ3) is 2.59. The predicted molar refractivity (Wildman–Crippen MR) is 52.5 cm³/mol. The van der Waals surface area contributed by atoms with Crippen molar-refractivity contribution < 1.29 is 15.1 Å². The summed E-state index contributed by atoms with van der Waals surface area (Å²) in [6.07, 6.45) is 0. The van der Waals surface area contributed by atoms with Gasteiger partial charge in [0.2, 0.25) is 0 Å². The first kappa shape index (κ1) is 12.7. The number of hydroxylamine groups is 1. The van der Waals surface area contributed by atoms with Crippen molar-refractivity contribution in [2.45, 2.75) is 6.54 Å². The highest BCUT2D eigenvalue weighted by atomic mass is 35.5. The van der Waals surface area contributed by atoms with E-state index in [-0.39, 0.29) is 30.3 Å². The molecular formula is C8H11ClN2O3. The van der Waals surface area contributed by atoms with Gasteiger partial charge in [-0.15, -0.1) is 12.4 Å². The molecule has 0 aliphatic heterocycles. The molecule has 1 rings (SSSR count). The lowest BCUT2D eigenvalue weighted by molar-refractivity contribution is 0.0703. The van der Waals surface area contributed by atoms with Crippen LogP contribution in [0.25, 0.3) is 0 Å². The molecule has 0 aliphatic carbocycles. The lowest BCUT2D eigenvalue weighted by atomic mass is 10.1. The van der Waals surface area contributed by atoms with E-state index in [1.54, 1.807) is 6.07 Å². The number of halogens is 1. The second-order valence-electron chi connectivity index (χ2n) is 2.50. The summed E-state index contributed by atoms with van der Waals surface area (Å²) in [6, 6.07) is 4.37. The van der Waals surface area contributed by atoms with Gasteiger partial charge in [0.05, 0.1) is 5.56 Å². The Morgan fingerprint density at radius 2 is 2.14 bits per heavy atom. The number of phenolic OH excluding ortho intramolecular Hbond substituents is 1. The van der Waals surface area contributed by atoms with Gasteiger partial charge in [0.15, 0.2) is 0 Å². The van der Waals surface area contributed by atoms with E-state index in [4.69, 9.17) is 10.9 Å². The first-order valence-electron chi connectivity index (χ1n) is 3.65. The molecule has 0 radical (unpaired) electrons. The van der Waals surface area contributed by atoms with E-state index in [2.05, 4.69) is 0 Å². The molecule has 0 atom stereocenters. The number of nitrogens with one attached hydrogen (secondary N) is 1. The van der Waals surface area contributed by atoms with Gasteiger partial charge in [-0.05, 0) is 17.7 Å². The van der Waals surface area contributed by atoms with Crippen molar-refractivity contribution in [2.24, 2.45) is 5.73 Å². The number of hydrogen-bond acceptors (Lipinski definition) is 4. The molecule has 78 valence electrons. The monoisotopic (exact) mass is 218 g/mol. The van der Waals surface area contributed by atoms with Crippen molar-refractivity contribution in [1.82, 2.24) is 5.48 Å². The van der Waals surface area contributed by atoms with Gasteiger partial charge in [-0.3, -0.25) is 10.0 Å². The van der Waals surface area contributed by atoms with E-state index < -0.39 is 5.91 Å². The maximum atomic E-state index is 10.9. The van der Waals surface area contributed by atoms with Crippen molar-refractivity contribution >= 4 is 18.3 Å². The highest BCUT2D eigenvalue weighted by Gasteiger charge is 2.09. The zero-order chi connectivity index (χ0) is 9.84. The summed E-state index contributed by atoms with van der Waals surface area (Å²) in [5.74, 6) is -0.948. The number of carbonyl (C=O) groups is 1. The fourth-order valence-corrected chi connectivity index (χ4v) is 0.952. The number of rotatable bonds is 2. The molecule has 1 aromatic carbocycles. The Balaban J connectivity index is 0.00000169. The average molecular weight is 219 g/mol. The summed E-state index contributed by atoms with van der Waals surface area (Å²) in [6.45, 7) is 0.270. The quantitative estimate of drug-likeness (QED) is 0.427. The molecule has 0 fully saturated rings. The average Bonchev–Trinajstić information content (AvgIpc) is 2.17. The van der Waals surface area contributed by atoms with E-state index in [9.17, 15) is 9.90 Å². The van der Waals surface area contributed by atoms with E-state index in [1.165, 1.54) is 17.6 Å². The topological polar surface area (TPSA) is 95.6 Å². The fourth-order valence-electron chi connectivity index (χ4n) is 0.952. The lowest BCUT2D eigenvalue weighted by Crippen LogP contribution is -2.19. The second kappa shape index (κ2) is 5.43. The van der Waals surface area contributed by atoms with Gasteiger partial charge in [-0.25, -0.2) is 5.48 Å². The molecule has 0 saturated carbocycles. The number of nitrogens with two attached hydrogens (primary N) is 1. The molecule has 0 heterocycles. The SMILES string of the molecule is Cl.NCc1ccc(O)c(C(=O)NO)c1. The highest BCUT2D eigenvalue weighted by molar-refractivity contribution is 5.96. The van der Waals surface area contributed by atoms with E-state index in [0.717, 1.165) is 0 Å². The van der Waals surface area contributed by atoms with Crippen molar-refractivity contribution in [3.8, 4) is 5.75 Å². The maximum Gasteiger partial charge on any atom is 0.278 e. The van der Waals surface area contributed by atoms with Crippen molar-refractivity contribution in [2.75, 3.05) is 0 Å². The molecule has 1 aromatic rings.